The Balaban J connectivity index is 1.43. The largest absolute Gasteiger partial charge is 0.301 e. The zero-order valence-corrected chi connectivity index (χ0v) is 18.5. The van der Waals surface area contributed by atoms with Crippen LogP contribution in [0.5, 0.6) is 0 Å². The van der Waals surface area contributed by atoms with E-state index in [2.05, 4.69) is 27.1 Å². The number of nitrogens with zero attached hydrogens (tertiary/aromatic N) is 6. The molecule has 1 spiro atoms. The molecule has 1 aliphatic carbocycles. The Hall–Kier alpha value is -3.13. The summed E-state index contributed by atoms with van der Waals surface area (Å²) in [6.07, 6.45) is 7.53. The third kappa shape index (κ3) is 2.89. The number of likely N-dealkylation sites (tertiary alicyclic amines) is 1. The predicted molar refractivity (Wildman–Crippen MR) is 120 cm³/mol. The van der Waals surface area contributed by atoms with E-state index in [0.29, 0.717) is 16.6 Å². The van der Waals surface area contributed by atoms with Gasteiger partial charge in [0, 0.05) is 23.0 Å². The van der Waals surface area contributed by atoms with E-state index >= 15 is 4.39 Å². The number of aryl methyl sites for hydroxylation is 2. The number of rotatable bonds is 2. The van der Waals surface area contributed by atoms with Crippen molar-refractivity contribution in [3.05, 3.63) is 58.0 Å². The topological polar surface area (TPSA) is 68.3 Å². The minimum atomic E-state index is -0.533. The molecular formula is C24H25FN6O. The van der Waals surface area contributed by atoms with Gasteiger partial charge in [0.25, 0.3) is 5.56 Å². The number of hydrogen-bond acceptors (Lipinski definition) is 5. The van der Waals surface area contributed by atoms with Crippen LogP contribution in [0.1, 0.15) is 43.0 Å². The third-order valence-electron chi connectivity index (χ3n) is 7.29. The number of aromatic nitrogens is 5. The van der Waals surface area contributed by atoms with Crippen molar-refractivity contribution in [1.82, 2.24) is 29.3 Å². The average molecular weight is 433 g/mol. The highest BCUT2D eigenvalue weighted by Gasteiger charge is 2.50. The molecule has 1 unspecified atom stereocenters. The molecule has 1 aliphatic heterocycles. The molecule has 32 heavy (non-hydrogen) atoms. The van der Waals surface area contributed by atoms with Gasteiger partial charge in [0.1, 0.15) is 5.82 Å². The summed E-state index contributed by atoms with van der Waals surface area (Å²) in [5.41, 5.74) is 3.70. The van der Waals surface area contributed by atoms with E-state index in [9.17, 15) is 4.79 Å². The molecule has 1 aromatic carbocycles. The van der Waals surface area contributed by atoms with E-state index < -0.39 is 5.82 Å². The number of benzene rings is 1. The molecule has 6 rings (SSSR count). The lowest BCUT2D eigenvalue weighted by Gasteiger charge is -2.37. The fraction of sp³-hybridized carbons (Fsp3) is 0.417. The molecule has 0 bridgehead atoms. The van der Waals surface area contributed by atoms with Crippen molar-refractivity contribution in [2.75, 3.05) is 13.6 Å². The van der Waals surface area contributed by atoms with Gasteiger partial charge >= 0.3 is 0 Å². The first-order chi connectivity index (χ1) is 15.3. The van der Waals surface area contributed by atoms with Crippen LogP contribution < -0.4 is 5.56 Å². The lowest BCUT2D eigenvalue weighted by molar-refractivity contribution is 0.119. The molecule has 164 valence electrons. The summed E-state index contributed by atoms with van der Waals surface area (Å²) in [5.74, 6) is -0.533. The molecule has 1 atom stereocenters. The van der Waals surface area contributed by atoms with Gasteiger partial charge in [-0.25, -0.2) is 18.6 Å². The quantitative estimate of drug-likeness (QED) is 0.484. The van der Waals surface area contributed by atoms with Gasteiger partial charge in [0.2, 0.25) is 0 Å². The Bertz CT molecular complexity index is 1450. The predicted octanol–water partition coefficient (Wildman–Crippen LogP) is 3.66. The molecule has 0 radical (unpaired) electrons. The van der Waals surface area contributed by atoms with Crippen molar-refractivity contribution in [3.63, 3.8) is 0 Å². The minimum absolute atomic E-state index is 0.0147. The summed E-state index contributed by atoms with van der Waals surface area (Å²) < 4.78 is 18.5. The van der Waals surface area contributed by atoms with E-state index in [1.165, 1.54) is 10.7 Å². The van der Waals surface area contributed by atoms with Crippen LogP contribution in [-0.4, -0.2) is 48.4 Å². The standard InChI is InChI=1S/C24H25FN6O/c1-14-8-20(28-30-13-15(2)27-22(14)30)16-9-17-12-26-31(23(32)21(17)19(25)10-16)18-4-7-29(3)24(11-18)5-6-24/h8-10,12-13,18H,4-7,11H2,1-3H3. The van der Waals surface area contributed by atoms with Gasteiger partial charge in [0.15, 0.2) is 5.65 Å². The Morgan fingerprint density at radius 3 is 2.78 bits per heavy atom. The molecule has 4 heterocycles. The Labute approximate surface area is 184 Å². The van der Waals surface area contributed by atoms with Gasteiger partial charge < -0.3 is 4.90 Å². The van der Waals surface area contributed by atoms with E-state index in [-0.39, 0.29) is 22.5 Å². The molecule has 2 aliphatic rings. The van der Waals surface area contributed by atoms with Gasteiger partial charge in [-0.15, -0.1) is 0 Å². The summed E-state index contributed by atoms with van der Waals surface area (Å²) in [5, 5.41) is 9.67. The van der Waals surface area contributed by atoms with Crippen LogP contribution in [0.4, 0.5) is 4.39 Å². The van der Waals surface area contributed by atoms with Gasteiger partial charge in [-0.3, -0.25) is 4.79 Å². The first-order valence-electron chi connectivity index (χ1n) is 11.1. The summed E-state index contributed by atoms with van der Waals surface area (Å²) in [6, 6.07) is 5.11. The number of hydrogen-bond donors (Lipinski definition) is 0. The number of piperidine rings is 1. The Morgan fingerprint density at radius 1 is 1.19 bits per heavy atom. The van der Waals surface area contributed by atoms with E-state index in [0.717, 1.165) is 49.1 Å². The van der Waals surface area contributed by atoms with E-state index in [4.69, 9.17) is 0 Å². The second kappa shape index (κ2) is 6.68. The van der Waals surface area contributed by atoms with Gasteiger partial charge in [-0.1, -0.05) is 0 Å². The molecule has 3 aromatic heterocycles. The minimum Gasteiger partial charge on any atom is -0.301 e. The second-order valence-electron chi connectivity index (χ2n) is 9.47. The molecule has 0 N–H and O–H groups in total. The van der Waals surface area contributed by atoms with Crippen molar-refractivity contribution in [2.45, 2.75) is 51.1 Å². The number of imidazole rings is 1. The number of fused-ring (bicyclic) bond motifs is 2. The molecule has 7 nitrogen and oxygen atoms in total. The van der Waals surface area contributed by atoms with Crippen LogP contribution >= 0.6 is 0 Å². The molecule has 8 heteroatoms. The van der Waals surface area contributed by atoms with Crippen molar-refractivity contribution >= 4 is 16.4 Å². The normalized spacial score (nSPS) is 20.4. The molecule has 1 saturated carbocycles. The van der Waals surface area contributed by atoms with E-state index in [1.54, 1.807) is 16.8 Å². The average Bonchev–Trinajstić information content (AvgIpc) is 3.42. The van der Waals surface area contributed by atoms with Gasteiger partial charge in [-0.05, 0) is 70.3 Å². The van der Waals surface area contributed by atoms with Gasteiger partial charge in [0.05, 0.1) is 35.2 Å². The van der Waals surface area contributed by atoms with Crippen molar-refractivity contribution in [1.29, 1.82) is 0 Å². The summed E-state index contributed by atoms with van der Waals surface area (Å²) >= 11 is 0. The fourth-order valence-electron chi connectivity index (χ4n) is 5.26. The van der Waals surface area contributed by atoms with Crippen LogP contribution in [-0.2, 0) is 0 Å². The summed E-state index contributed by atoms with van der Waals surface area (Å²) in [7, 11) is 2.15. The zero-order valence-electron chi connectivity index (χ0n) is 18.5. The lowest BCUT2D eigenvalue weighted by Crippen LogP contribution is -2.44. The maximum absolute atomic E-state index is 15.3. The van der Waals surface area contributed by atoms with Crippen LogP contribution in [0.3, 0.4) is 0 Å². The van der Waals surface area contributed by atoms with Crippen LogP contribution in [0.2, 0.25) is 0 Å². The highest BCUT2D eigenvalue weighted by Crippen LogP contribution is 2.50. The van der Waals surface area contributed by atoms with Crippen LogP contribution in [0.25, 0.3) is 27.7 Å². The fourth-order valence-corrected chi connectivity index (χ4v) is 5.26. The monoisotopic (exact) mass is 432 g/mol. The van der Waals surface area contributed by atoms with Crippen molar-refractivity contribution in [3.8, 4) is 11.3 Å². The molecule has 1 saturated heterocycles. The molecule has 0 amide bonds. The zero-order chi connectivity index (χ0) is 22.2. The highest BCUT2D eigenvalue weighted by atomic mass is 19.1. The highest BCUT2D eigenvalue weighted by molar-refractivity contribution is 5.86. The molecular weight excluding hydrogens is 407 g/mol. The third-order valence-corrected chi connectivity index (χ3v) is 7.29. The maximum atomic E-state index is 15.3. The number of halogens is 1. The van der Waals surface area contributed by atoms with Crippen LogP contribution in [0.15, 0.2) is 35.4 Å². The first-order valence-corrected chi connectivity index (χ1v) is 11.1. The Kier molecular flexibility index (Phi) is 4.08. The Morgan fingerprint density at radius 2 is 2.00 bits per heavy atom. The molecule has 2 fully saturated rings. The summed E-state index contributed by atoms with van der Waals surface area (Å²) in [6.45, 7) is 4.80. The SMILES string of the molecule is Cc1cn2nc(-c3cc(F)c4c(=O)n(C5CCN(C)C6(CC6)C5)ncc4c3)cc(C)c2n1. The molecule has 4 aromatic rings. The lowest BCUT2D eigenvalue weighted by atomic mass is 9.95. The van der Waals surface area contributed by atoms with E-state index in [1.807, 2.05) is 26.1 Å². The first kappa shape index (κ1) is 19.5. The summed E-state index contributed by atoms with van der Waals surface area (Å²) in [4.78, 5) is 20.1. The second-order valence-corrected chi connectivity index (χ2v) is 9.47. The van der Waals surface area contributed by atoms with Crippen molar-refractivity contribution < 1.29 is 4.39 Å². The van der Waals surface area contributed by atoms with Crippen molar-refractivity contribution in [2.24, 2.45) is 0 Å². The maximum Gasteiger partial charge on any atom is 0.277 e. The van der Waals surface area contributed by atoms with Crippen LogP contribution in [0, 0.1) is 19.7 Å². The van der Waals surface area contributed by atoms with Gasteiger partial charge in [-0.2, -0.15) is 10.2 Å². The smallest absolute Gasteiger partial charge is 0.277 e.